The van der Waals surface area contributed by atoms with Crippen LogP contribution in [0, 0.1) is 17.3 Å². The van der Waals surface area contributed by atoms with Crippen LogP contribution in [0.2, 0.25) is 0 Å². The van der Waals surface area contributed by atoms with Gasteiger partial charge in [0.25, 0.3) is 5.91 Å². The molecule has 1 aliphatic heterocycles. The molecule has 5 atom stereocenters. The van der Waals surface area contributed by atoms with Crippen molar-refractivity contribution < 1.29 is 14.7 Å². The first-order valence-electron chi connectivity index (χ1n) is 7.82. The van der Waals surface area contributed by atoms with Gasteiger partial charge in [-0.3, -0.25) is 14.6 Å². The lowest BCUT2D eigenvalue weighted by Gasteiger charge is -2.41. The molecule has 3 fully saturated rings. The van der Waals surface area contributed by atoms with Crippen LogP contribution in [0.3, 0.4) is 0 Å². The van der Waals surface area contributed by atoms with Crippen LogP contribution in [-0.2, 0) is 4.79 Å². The highest BCUT2D eigenvalue weighted by Gasteiger charge is 2.62. The SMILES string of the molecule is CC1(C(=O)O)CC2CC(C1)C1C(C2)N1C(=O)c1cnccn1. The van der Waals surface area contributed by atoms with Crippen molar-refractivity contribution in [2.24, 2.45) is 17.3 Å². The third-order valence-electron chi connectivity index (χ3n) is 5.66. The first kappa shape index (κ1) is 13.7. The van der Waals surface area contributed by atoms with Gasteiger partial charge in [0.05, 0.1) is 23.7 Å². The molecule has 1 aromatic heterocycles. The largest absolute Gasteiger partial charge is 0.481 e. The number of rotatable bonds is 2. The van der Waals surface area contributed by atoms with Crippen molar-refractivity contribution >= 4 is 11.9 Å². The summed E-state index contributed by atoms with van der Waals surface area (Å²) in [5.74, 6) is -0.0410. The van der Waals surface area contributed by atoms with Gasteiger partial charge in [0.1, 0.15) is 5.69 Å². The standard InChI is InChI=1S/C16H19N3O3/c1-16(15(21)22)6-9-4-10(7-16)13-12(5-9)19(13)14(20)11-8-17-2-3-18-11/h2-3,8-10,12-13H,4-7H2,1H3,(H,21,22). The highest BCUT2D eigenvalue weighted by Crippen LogP contribution is 2.56. The van der Waals surface area contributed by atoms with Gasteiger partial charge in [-0.2, -0.15) is 0 Å². The van der Waals surface area contributed by atoms with Crippen LogP contribution >= 0.6 is 0 Å². The lowest BCUT2D eigenvalue weighted by Crippen LogP contribution is -2.42. The number of carbonyl (C=O) groups is 2. The minimum Gasteiger partial charge on any atom is -0.481 e. The molecule has 0 spiro atoms. The van der Waals surface area contributed by atoms with Gasteiger partial charge in [0.15, 0.2) is 0 Å². The first-order chi connectivity index (χ1) is 10.5. The van der Waals surface area contributed by atoms with E-state index in [1.54, 1.807) is 6.20 Å². The van der Waals surface area contributed by atoms with Crippen molar-refractivity contribution in [2.45, 2.75) is 44.7 Å². The third kappa shape index (κ3) is 1.93. The van der Waals surface area contributed by atoms with E-state index in [0.29, 0.717) is 24.0 Å². The third-order valence-corrected chi connectivity index (χ3v) is 5.66. The molecule has 6 heteroatoms. The average Bonchev–Trinajstić information content (AvgIpc) is 3.21. The van der Waals surface area contributed by atoms with Gasteiger partial charge in [-0.15, -0.1) is 0 Å². The summed E-state index contributed by atoms with van der Waals surface area (Å²) in [5.41, 5.74) is -0.255. The van der Waals surface area contributed by atoms with Crippen LogP contribution in [0.4, 0.5) is 0 Å². The predicted molar refractivity (Wildman–Crippen MR) is 77.0 cm³/mol. The summed E-state index contributed by atoms with van der Waals surface area (Å²) in [5, 5.41) is 9.51. The van der Waals surface area contributed by atoms with Gasteiger partial charge >= 0.3 is 5.97 Å². The molecule has 1 aromatic rings. The van der Waals surface area contributed by atoms with Gasteiger partial charge < -0.3 is 10.0 Å². The first-order valence-corrected chi connectivity index (χ1v) is 7.82. The topological polar surface area (TPSA) is 83.2 Å². The minimum absolute atomic E-state index is 0.0623. The Bertz CT molecular complexity index is 635. The summed E-state index contributed by atoms with van der Waals surface area (Å²) in [6.45, 7) is 1.85. The number of aromatic nitrogens is 2. The zero-order valence-corrected chi connectivity index (χ0v) is 12.5. The molecule has 1 N–H and O–H groups in total. The number of fused-ring (bicyclic) bond motifs is 4. The molecule has 2 aliphatic carbocycles. The van der Waals surface area contributed by atoms with E-state index in [1.165, 1.54) is 12.4 Å². The molecule has 0 radical (unpaired) electrons. The van der Waals surface area contributed by atoms with E-state index in [9.17, 15) is 14.7 Å². The number of carboxylic acids is 1. The van der Waals surface area contributed by atoms with Crippen LogP contribution in [0.5, 0.6) is 0 Å². The summed E-state index contributed by atoms with van der Waals surface area (Å²) in [7, 11) is 0. The van der Waals surface area contributed by atoms with E-state index in [0.717, 1.165) is 19.3 Å². The Morgan fingerprint density at radius 3 is 2.82 bits per heavy atom. The van der Waals surface area contributed by atoms with Crippen molar-refractivity contribution in [2.75, 3.05) is 0 Å². The summed E-state index contributed by atoms with van der Waals surface area (Å²) in [6.07, 6.45) is 7.96. The monoisotopic (exact) mass is 301 g/mol. The number of amides is 1. The van der Waals surface area contributed by atoms with E-state index in [4.69, 9.17) is 0 Å². The molecule has 2 saturated carbocycles. The van der Waals surface area contributed by atoms with E-state index < -0.39 is 11.4 Å². The highest BCUT2D eigenvalue weighted by atomic mass is 16.4. The van der Waals surface area contributed by atoms with Crippen LogP contribution in [0.15, 0.2) is 18.6 Å². The van der Waals surface area contributed by atoms with Gasteiger partial charge in [-0.05, 0) is 44.4 Å². The Morgan fingerprint density at radius 2 is 2.14 bits per heavy atom. The number of nitrogens with zero attached hydrogens (tertiary/aromatic N) is 3. The maximum absolute atomic E-state index is 12.6. The number of aliphatic carboxylic acids is 1. The number of carbonyl (C=O) groups excluding carboxylic acids is 1. The Labute approximate surface area is 128 Å². The molecule has 2 bridgehead atoms. The molecule has 0 aromatic carbocycles. The molecule has 1 saturated heterocycles. The van der Waals surface area contributed by atoms with Crippen LogP contribution in [0.25, 0.3) is 0 Å². The number of hydrogen-bond acceptors (Lipinski definition) is 4. The van der Waals surface area contributed by atoms with E-state index >= 15 is 0 Å². The van der Waals surface area contributed by atoms with Crippen molar-refractivity contribution in [3.8, 4) is 0 Å². The second-order valence-electron chi connectivity index (χ2n) is 7.23. The number of hydrogen-bond donors (Lipinski definition) is 1. The Hall–Kier alpha value is -1.98. The fourth-order valence-electron chi connectivity index (χ4n) is 4.77. The summed E-state index contributed by atoms with van der Waals surface area (Å²) >= 11 is 0. The van der Waals surface area contributed by atoms with Crippen LogP contribution < -0.4 is 0 Å². The van der Waals surface area contributed by atoms with Crippen molar-refractivity contribution in [1.29, 1.82) is 0 Å². The quantitative estimate of drug-likeness (QED) is 0.839. The van der Waals surface area contributed by atoms with E-state index in [1.807, 2.05) is 11.8 Å². The molecule has 5 unspecified atom stereocenters. The fraction of sp³-hybridized carbons (Fsp3) is 0.625. The van der Waals surface area contributed by atoms with Gasteiger partial charge in [-0.1, -0.05) is 0 Å². The Balaban J connectivity index is 1.55. The molecule has 22 heavy (non-hydrogen) atoms. The highest BCUT2D eigenvalue weighted by molar-refractivity contribution is 5.94. The molecule has 2 heterocycles. The van der Waals surface area contributed by atoms with E-state index in [2.05, 4.69) is 9.97 Å². The van der Waals surface area contributed by atoms with Gasteiger partial charge in [0, 0.05) is 12.4 Å². The van der Waals surface area contributed by atoms with Crippen molar-refractivity contribution in [3.63, 3.8) is 0 Å². The summed E-state index contributed by atoms with van der Waals surface area (Å²) < 4.78 is 0. The Kier molecular flexibility index (Phi) is 2.80. The molecular formula is C16H19N3O3. The minimum atomic E-state index is -0.701. The zero-order valence-electron chi connectivity index (χ0n) is 12.5. The molecule has 1 amide bonds. The van der Waals surface area contributed by atoms with Gasteiger partial charge in [-0.25, -0.2) is 4.98 Å². The number of likely N-dealkylation sites (tertiary alicyclic amines) is 1. The van der Waals surface area contributed by atoms with Crippen molar-refractivity contribution in [3.05, 3.63) is 24.3 Å². The average molecular weight is 301 g/mol. The lowest BCUT2D eigenvalue weighted by atomic mass is 9.61. The molecule has 4 rings (SSSR count). The smallest absolute Gasteiger partial charge is 0.309 e. The predicted octanol–water partition coefficient (Wildman–Crippen LogP) is 1.58. The second kappa shape index (κ2) is 4.51. The molecule has 6 nitrogen and oxygen atoms in total. The van der Waals surface area contributed by atoms with Gasteiger partial charge in [0.2, 0.25) is 0 Å². The number of carboxylic acid groups (broad SMARTS) is 1. The van der Waals surface area contributed by atoms with Crippen LogP contribution in [0.1, 0.15) is 43.1 Å². The Morgan fingerprint density at radius 1 is 1.32 bits per heavy atom. The molecule has 116 valence electrons. The lowest BCUT2D eigenvalue weighted by molar-refractivity contribution is -0.152. The van der Waals surface area contributed by atoms with E-state index in [-0.39, 0.29) is 18.0 Å². The molecule has 3 aliphatic rings. The fourth-order valence-corrected chi connectivity index (χ4v) is 4.77. The molecular weight excluding hydrogens is 282 g/mol. The van der Waals surface area contributed by atoms with Crippen LogP contribution in [-0.4, -0.2) is 43.9 Å². The zero-order chi connectivity index (χ0) is 15.5. The summed E-state index contributed by atoms with van der Waals surface area (Å²) in [6, 6.07) is 0.473. The summed E-state index contributed by atoms with van der Waals surface area (Å²) in [4.78, 5) is 34.1. The normalized spacial score (nSPS) is 39.0. The maximum atomic E-state index is 12.6. The second-order valence-corrected chi connectivity index (χ2v) is 7.23. The van der Waals surface area contributed by atoms with Crippen molar-refractivity contribution in [1.82, 2.24) is 14.9 Å². The maximum Gasteiger partial charge on any atom is 0.309 e.